The van der Waals surface area contributed by atoms with Crippen LogP contribution in [0.5, 0.6) is 0 Å². The first-order valence-corrected chi connectivity index (χ1v) is 8.96. The molecule has 4 rings (SSSR count). The molecule has 7 nitrogen and oxygen atoms in total. The first-order valence-electron chi connectivity index (χ1n) is 8.17. The number of aryl methyl sites for hydroxylation is 1. The third kappa shape index (κ3) is 3.08. The summed E-state index contributed by atoms with van der Waals surface area (Å²) < 4.78 is 0.608. The first kappa shape index (κ1) is 17.3. The fraction of sp³-hybridized carbons (Fsp3) is 0.105. The van der Waals surface area contributed by atoms with Crippen molar-refractivity contribution >= 4 is 39.2 Å². The van der Waals surface area contributed by atoms with Gasteiger partial charge >= 0.3 is 0 Å². The summed E-state index contributed by atoms with van der Waals surface area (Å²) in [6.07, 6.45) is 0.0215. The molecule has 0 aliphatic carbocycles. The van der Waals surface area contributed by atoms with Gasteiger partial charge in [-0.1, -0.05) is 23.8 Å². The largest absolute Gasteiger partial charge is 0.364 e. The Hall–Kier alpha value is -3.13. The van der Waals surface area contributed by atoms with Gasteiger partial charge in [-0.05, 0) is 47.1 Å². The zero-order chi connectivity index (χ0) is 19.1. The Bertz CT molecular complexity index is 1080. The number of aromatic nitrogens is 3. The highest BCUT2D eigenvalue weighted by molar-refractivity contribution is 9.10. The van der Waals surface area contributed by atoms with Gasteiger partial charge in [0.25, 0.3) is 5.91 Å². The van der Waals surface area contributed by atoms with E-state index in [9.17, 15) is 9.59 Å². The monoisotopic (exact) mass is 423 g/mol. The van der Waals surface area contributed by atoms with Crippen LogP contribution in [-0.4, -0.2) is 26.8 Å². The predicted molar refractivity (Wildman–Crippen MR) is 104 cm³/mol. The van der Waals surface area contributed by atoms with Crippen molar-refractivity contribution in [1.29, 1.82) is 0 Å². The summed E-state index contributed by atoms with van der Waals surface area (Å²) in [5.74, 6) is -0.298. The molecular formula is C19H14BrN5O2. The molecule has 27 heavy (non-hydrogen) atoms. The predicted octanol–water partition coefficient (Wildman–Crippen LogP) is 2.93. The Morgan fingerprint density at radius 2 is 1.85 bits per heavy atom. The molecule has 8 heteroatoms. The minimum Gasteiger partial charge on any atom is -0.364 e. The van der Waals surface area contributed by atoms with Gasteiger partial charge in [-0.15, -0.1) is 0 Å². The zero-order valence-corrected chi connectivity index (χ0v) is 15.9. The van der Waals surface area contributed by atoms with Gasteiger partial charge in [-0.2, -0.15) is 0 Å². The maximum absolute atomic E-state index is 12.7. The minimum absolute atomic E-state index is 0.0215. The maximum atomic E-state index is 12.7. The molecule has 134 valence electrons. The second-order valence-corrected chi connectivity index (χ2v) is 6.96. The van der Waals surface area contributed by atoms with Gasteiger partial charge in [-0.3, -0.25) is 14.5 Å². The standard InChI is InChI=1S/C19H14BrN5O2/c1-10-5-7-11(8-6-10)25-15(26)9-12-16(17(21)27)23-18(24-19(12)25)13-3-2-4-14(20)22-13/h2-8H,9H2,1H3,(H2,21,27). The molecule has 0 saturated heterocycles. The number of hydrogen-bond acceptors (Lipinski definition) is 5. The van der Waals surface area contributed by atoms with Crippen LogP contribution < -0.4 is 10.6 Å². The van der Waals surface area contributed by atoms with E-state index in [1.807, 2.05) is 31.2 Å². The molecule has 0 fully saturated rings. The summed E-state index contributed by atoms with van der Waals surface area (Å²) in [5.41, 5.74) is 8.22. The molecule has 0 unspecified atom stereocenters. The van der Waals surface area contributed by atoms with E-state index in [-0.39, 0.29) is 23.8 Å². The normalized spacial score (nSPS) is 13.0. The fourth-order valence-corrected chi connectivity index (χ4v) is 3.32. The average Bonchev–Trinajstić information content (AvgIpc) is 2.97. The van der Waals surface area contributed by atoms with Crippen LogP contribution in [0.3, 0.4) is 0 Å². The number of anilines is 2. The number of primary amides is 1. The number of benzene rings is 1. The summed E-state index contributed by atoms with van der Waals surface area (Å²) in [6.45, 7) is 1.97. The van der Waals surface area contributed by atoms with E-state index in [0.29, 0.717) is 27.4 Å². The number of fused-ring (bicyclic) bond motifs is 1. The van der Waals surface area contributed by atoms with E-state index in [1.54, 1.807) is 18.2 Å². The van der Waals surface area contributed by atoms with Crippen LogP contribution in [0, 0.1) is 6.92 Å². The molecule has 3 heterocycles. The molecule has 0 atom stereocenters. The van der Waals surface area contributed by atoms with Crippen LogP contribution in [-0.2, 0) is 11.2 Å². The number of hydrogen-bond donors (Lipinski definition) is 1. The molecule has 1 aliphatic rings. The highest BCUT2D eigenvalue weighted by Gasteiger charge is 2.35. The van der Waals surface area contributed by atoms with Crippen LogP contribution in [0.2, 0.25) is 0 Å². The second kappa shape index (κ2) is 6.55. The van der Waals surface area contributed by atoms with Crippen molar-refractivity contribution in [2.24, 2.45) is 5.73 Å². The zero-order valence-electron chi connectivity index (χ0n) is 14.3. The van der Waals surface area contributed by atoms with Crippen LogP contribution >= 0.6 is 15.9 Å². The Morgan fingerprint density at radius 1 is 1.11 bits per heavy atom. The number of pyridine rings is 1. The summed E-state index contributed by atoms with van der Waals surface area (Å²) in [6, 6.07) is 12.8. The minimum atomic E-state index is -0.705. The van der Waals surface area contributed by atoms with Gasteiger partial charge in [0.1, 0.15) is 21.8 Å². The lowest BCUT2D eigenvalue weighted by atomic mass is 10.1. The smallest absolute Gasteiger partial charge is 0.267 e. The number of carbonyl (C=O) groups is 2. The van der Waals surface area contributed by atoms with Crippen LogP contribution in [0.25, 0.3) is 11.5 Å². The molecule has 0 spiro atoms. The van der Waals surface area contributed by atoms with E-state index in [4.69, 9.17) is 5.73 Å². The van der Waals surface area contributed by atoms with E-state index in [0.717, 1.165) is 5.56 Å². The van der Waals surface area contributed by atoms with Crippen molar-refractivity contribution < 1.29 is 9.59 Å². The summed E-state index contributed by atoms with van der Waals surface area (Å²) >= 11 is 3.31. The van der Waals surface area contributed by atoms with Gasteiger partial charge < -0.3 is 5.73 Å². The highest BCUT2D eigenvalue weighted by Crippen LogP contribution is 2.36. The molecular weight excluding hydrogens is 410 g/mol. The maximum Gasteiger partial charge on any atom is 0.267 e. The van der Waals surface area contributed by atoms with Gasteiger partial charge in [0.15, 0.2) is 5.82 Å². The van der Waals surface area contributed by atoms with Crippen molar-refractivity contribution in [1.82, 2.24) is 15.0 Å². The van der Waals surface area contributed by atoms with Crippen LogP contribution in [0.15, 0.2) is 47.1 Å². The average molecular weight is 424 g/mol. The molecule has 2 aromatic heterocycles. The van der Waals surface area contributed by atoms with Crippen LogP contribution in [0.4, 0.5) is 11.5 Å². The Kier molecular flexibility index (Phi) is 4.19. The lowest BCUT2D eigenvalue weighted by Gasteiger charge is -2.17. The number of rotatable bonds is 3. The van der Waals surface area contributed by atoms with Gasteiger partial charge in [0.2, 0.25) is 5.91 Å². The molecule has 0 bridgehead atoms. The number of nitrogens with two attached hydrogens (primary N) is 1. The van der Waals surface area contributed by atoms with Gasteiger partial charge in [0, 0.05) is 5.56 Å². The van der Waals surface area contributed by atoms with Gasteiger partial charge in [0.05, 0.1) is 12.1 Å². The lowest BCUT2D eigenvalue weighted by molar-refractivity contribution is -0.116. The summed E-state index contributed by atoms with van der Waals surface area (Å²) in [4.78, 5) is 39.3. The Balaban J connectivity index is 1.93. The number of nitrogens with zero attached hydrogens (tertiary/aromatic N) is 4. The molecule has 2 amide bonds. The number of amides is 2. The molecule has 3 aromatic rings. The fourth-order valence-electron chi connectivity index (χ4n) is 2.98. The summed E-state index contributed by atoms with van der Waals surface area (Å²) in [5, 5.41) is 0. The van der Waals surface area contributed by atoms with Crippen molar-refractivity contribution in [3.8, 4) is 11.5 Å². The van der Waals surface area contributed by atoms with E-state index in [1.165, 1.54) is 4.90 Å². The van der Waals surface area contributed by atoms with Gasteiger partial charge in [-0.25, -0.2) is 15.0 Å². The summed E-state index contributed by atoms with van der Waals surface area (Å²) in [7, 11) is 0. The van der Waals surface area contributed by atoms with E-state index in [2.05, 4.69) is 30.9 Å². The third-order valence-electron chi connectivity index (χ3n) is 4.24. The topological polar surface area (TPSA) is 102 Å². The molecule has 0 saturated carbocycles. The highest BCUT2D eigenvalue weighted by atomic mass is 79.9. The van der Waals surface area contributed by atoms with Crippen molar-refractivity contribution in [2.75, 3.05) is 4.90 Å². The first-order chi connectivity index (χ1) is 12.9. The Labute approximate surface area is 163 Å². The quantitative estimate of drug-likeness (QED) is 0.652. The van der Waals surface area contributed by atoms with Crippen LogP contribution in [0.1, 0.15) is 21.6 Å². The van der Waals surface area contributed by atoms with E-state index >= 15 is 0 Å². The number of halogens is 1. The third-order valence-corrected chi connectivity index (χ3v) is 4.69. The second-order valence-electron chi connectivity index (χ2n) is 6.15. The van der Waals surface area contributed by atoms with E-state index < -0.39 is 5.91 Å². The van der Waals surface area contributed by atoms with Crippen molar-refractivity contribution in [3.05, 3.63) is 63.9 Å². The van der Waals surface area contributed by atoms with Crippen molar-refractivity contribution in [2.45, 2.75) is 13.3 Å². The molecule has 2 N–H and O–H groups in total. The molecule has 0 radical (unpaired) electrons. The SMILES string of the molecule is Cc1ccc(N2C(=O)Cc3c(C(N)=O)nc(-c4cccc(Br)n4)nc32)cc1. The lowest BCUT2D eigenvalue weighted by Crippen LogP contribution is -2.21. The molecule has 1 aliphatic heterocycles. The van der Waals surface area contributed by atoms with Crippen molar-refractivity contribution in [3.63, 3.8) is 0 Å². The molecule has 1 aromatic carbocycles. The number of carbonyl (C=O) groups excluding carboxylic acids is 2. The Morgan fingerprint density at radius 3 is 2.52 bits per heavy atom.